The lowest BCUT2D eigenvalue weighted by Gasteiger charge is -2.38. The van der Waals surface area contributed by atoms with E-state index in [9.17, 15) is 13.2 Å². The number of nitrogens with zero attached hydrogens (tertiary/aromatic N) is 1. The Morgan fingerprint density at radius 1 is 1.30 bits per heavy atom. The van der Waals surface area contributed by atoms with Crippen LogP contribution in [0.25, 0.3) is 0 Å². The SMILES string of the molecule is CCCC1CC(N)CN(c2cccc(C(F)(F)F)c2)C1. The molecule has 0 aliphatic carbocycles. The predicted molar refractivity (Wildman–Crippen MR) is 74.6 cm³/mol. The Morgan fingerprint density at radius 2 is 2.05 bits per heavy atom. The molecule has 0 amide bonds. The van der Waals surface area contributed by atoms with E-state index in [0.717, 1.165) is 31.9 Å². The zero-order chi connectivity index (χ0) is 14.8. The second-order valence-electron chi connectivity index (χ2n) is 5.60. The van der Waals surface area contributed by atoms with Crippen molar-refractivity contribution >= 4 is 5.69 Å². The minimum atomic E-state index is -4.29. The van der Waals surface area contributed by atoms with Gasteiger partial charge in [0.05, 0.1) is 5.56 Å². The molecular formula is C15H21F3N2. The van der Waals surface area contributed by atoms with E-state index in [1.807, 2.05) is 4.90 Å². The quantitative estimate of drug-likeness (QED) is 0.919. The number of hydrogen-bond acceptors (Lipinski definition) is 2. The van der Waals surface area contributed by atoms with Gasteiger partial charge in [-0.25, -0.2) is 0 Å². The average molecular weight is 286 g/mol. The molecule has 1 aromatic carbocycles. The van der Waals surface area contributed by atoms with Crippen LogP contribution in [0, 0.1) is 5.92 Å². The van der Waals surface area contributed by atoms with Crippen LogP contribution in [0.2, 0.25) is 0 Å². The van der Waals surface area contributed by atoms with Gasteiger partial charge in [0.2, 0.25) is 0 Å². The molecule has 1 aliphatic rings. The van der Waals surface area contributed by atoms with Crippen molar-refractivity contribution in [3.8, 4) is 0 Å². The van der Waals surface area contributed by atoms with Crippen LogP contribution in [-0.2, 0) is 6.18 Å². The number of benzene rings is 1. The monoisotopic (exact) mass is 286 g/mol. The van der Waals surface area contributed by atoms with Gasteiger partial charge in [-0.3, -0.25) is 0 Å². The number of anilines is 1. The molecule has 2 nitrogen and oxygen atoms in total. The minimum absolute atomic E-state index is 0.0369. The molecular weight excluding hydrogens is 265 g/mol. The van der Waals surface area contributed by atoms with Gasteiger partial charge in [-0.2, -0.15) is 13.2 Å². The molecule has 2 atom stereocenters. The molecule has 1 fully saturated rings. The second kappa shape index (κ2) is 6.04. The third kappa shape index (κ3) is 3.66. The van der Waals surface area contributed by atoms with E-state index in [0.29, 0.717) is 18.2 Å². The maximum atomic E-state index is 12.8. The van der Waals surface area contributed by atoms with E-state index in [-0.39, 0.29) is 6.04 Å². The fourth-order valence-electron chi connectivity index (χ4n) is 2.95. The summed E-state index contributed by atoms with van der Waals surface area (Å²) < 4.78 is 38.3. The van der Waals surface area contributed by atoms with Gasteiger partial charge in [-0.15, -0.1) is 0 Å². The van der Waals surface area contributed by atoms with Crippen LogP contribution in [0.3, 0.4) is 0 Å². The van der Waals surface area contributed by atoms with Gasteiger partial charge in [0.1, 0.15) is 0 Å². The minimum Gasteiger partial charge on any atom is -0.370 e. The first kappa shape index (κ1) is 15.2. The number of alkyl halides is 3. The Hall–Kier alpha value is -1.23. The van der Waals surface area contributed by atoms with E-state index < -0.39 is 11.7 Å². The molecule has 2 N–H and O–H groups in total. The molecule has 2 unspecified atom stereocenters. The third-order valence-corrected chi connectivity index (χ3v) is 3.81. The summed E-state index contributed by atoms with van der Waals surface area (Å²) in [5, 5.41) is 0. The number of rotatable bonds is 3. The zero-order valence-electron chi connectivity index (χ0n) is 11.7. The smallest absolute Gasteiger partial charge is 0.370 e. The Morgan fingerprint density at radius 3 is 2.70 bits per heavy atom. The van der Waals surface area contributed by atoms with Gasteiger partial charge in [-0.1, -0.05) is 19.4 Å². The number of halogens is 3. The summed E-state index contributed by atoms with van der Waals surface area (Å²) in [6, 6.07) is 5.57. The van der Waals surface area contributed by atoms with Crippen LogP contribution in [-0.4, -0.2) is 19.1 Å². The molecule has 1 aliphatic heterocycles. The molecule has 5 heteroatoms. The lowest BCUT2D eigenvalue weighted by Crippen LogP contribution is -2.47. The van der Waals surface area contributed by atoms with E-state index in [4.69, 9.17) is 5.73 Å². The summed E-state index contributed by atoms with van der Waals surface area (Å²) >= 11 is 0. The van der Waals surface area contributed by atoms with Crippen LogP contribution < -0.4 is 10.6 Å². The molecule has 112 valence electrons. The van der Waals surface area contributed by atoms with E-state index in [1.165, 1.54) is 12.1 Å². The van der Waals surface area contributed by atoms with Gasteiger partial charge in [-0.05, 0) is 37.0 Å². The Balaban J connectivity index is 2.18. The van der Waals surface area contributed by atoms with Crippen molar-refractivity contribution in [2.24, 2.45) is 11.7 Å². The number of piperidine rings is 1. The van der Waals surface area contributed by atoms with Crippen LogP contribution in [0.1, 0.15) is 31.7 Å². The summed E-state index contributed by atoms with van der Waals surface area (Å²) in [4.78, 5) is 1.99. The molecule has 1 heterocycles. The van der Waals surface area contributed by atoms with E-state index >= 15 is 0 Å². The summed E-state index contributed by atoms with van der Waals surface area (Å²) in [5.74, 6) is 0.471. The van der Waals surface area contributed by atoms with Crippen LogP contribution in [0.15, 0.2) is 24.3 Å². The molecule has 0 spiro atoms. The summed E-state index contributed by atoms with van der Waals surface area (Å²) in [6.07, 6.45) is -1.18. The molecule has 0 bridgehead atoms. The summed E-state index contributed by atoms with van der Waals surface area (Å²) in [6.45, 7) is 3.54. The summed E-state index contributed by atoms with van der Waals surface area (Å²) in [7, 11) is 0. The molecule has 20 heavy (non-hydrogen) atoms. The zero-order valence-corrected chi connectivity index (χ0v) is 11.7. The third-order valence-electron chi connectivity index (χ3n) is 3.81. The molecule has 0 radical (unpaired) electrons. The molecule has 1 aromatic rings. The van der Waals surface area contributed by atoms with Gasteiger partial charge < -0.3 is 10.6 Å². The Labute approximate surface area is 117 Å². The molecule has 0 saturated carbocycles. The highest BCUT2D eigenvalue weighted by atomic mass is 19.4. The number of nitrogens with two attached hydrogens (primary N) is 1. The lowest BCUT2D eigenvalue weighted by molar-refractivity contribution is -0.137. The second-order valence-corrected chi connectivity index (χ2v) is 5.60. The maximum absolute atomic E-state index is 12.8. The van der Waals surface area contributed by atoms with Gasteiger partial charge >= 0.3 is 6.18 Å². The van der Waals surface area contributed by atoms with Crippen molar-refractivity contribution in [3.63, 3.8) is 0 Å². The predicted octanol–water partition coefficient (Wildman–Crippen LogP) is 3.66. The first-order valence-electron chi connectivity index (χ1n) is 7.08. The van der Waals surface area contributed by atoms with Crippen molar-refractivity contribution < 1.29 is 13.2 Å². The fourth-order valence-corrected chi connectivity index (χ4v) is 2.95. The first-order valence-corrected chi connectivity index (χ1v) is 7.08. The molecule has 0 aromatic heterocycles. The fraction of sp³-hybridized carbons (Fsp3) is 0.600. The van der Waals surface area contributed by atoms with Gasteiger partial charge in [0.15, 0.2) is 0 Å². The standard InChI is InChI=1S/C15H21F3N2/c1-2-4-11-7-13(19)10-20(9-11)14-6-3-5-12(8-14)15(16,17)18/h3,5-6,8,11,13H,2,4,7,9-10,19H2,1H3. The maximum Gasteiger partial charge on any atom is 0.416 e. The molecule has 2 rings (SSSR count). The average Bonchev–Trinajstić information content (AvgIpc) is 2.37. The van der Waals surface area contributed by atoms with Crippen LogP contribution in [0.4, 0.5) is 18.9 Å². The van der Waals surface area contributed by atoms with Crippen LogP contribution in [0.5, 0.6) is 0 Å². The van der Waals surface area contributed by atoms with Gasteiger partial charge in [0.25, 0.3) is 0 Å². The highest BCUT2D eigenvalue weighted by Gasteiger charge is 2.31. The Bertz CT molecular complexity index is 445. The molecule has 1 saturated heterocycles. The highest BCUT2D eigenvalue weighted by Crippen LogP contribution is 2.33. The van der Waals surface area contributed by atoms with Gasteiger partial charge in [0, 0.05) is 24.8 Å². The first-order chi connectivity index (χ1) is 9.40. The van der Waals surface area contributed by atoms with E-state index in [2.05, 4.69) is 6.92 Å². The van der Waals surface area contributed by atoms with Crippen molar-refractivity contribution in [3.05, 3.63) is 29.8 Å². The van der Waals surface area contributed by atoms with Crippen LogP contribution >= 0.6 is 0 Å². The van der Waals surface area contributed by atoms with Crippen molar-refractivity contribution in [1.29, 1.82) is 0 Å². The summed E-state index contributed by atoms with van der Waals surface area (Å²) in [5.41, 5.74) is 6.07. The van der Waals surface area contributed by atoms with Crippen molar-refractivity contribution in [2.75, 3.05) is 18.0 Å². The highest BCUT2D eigenvalue weighted by molar-refractivity contribution is 5.50. The largest absolute Gasteiger partial charge is 0.416 e. The van der Waals surface area contributed by atoms with Crippen molar-refractivity contribution in [2.45, 2.75) is 38.4 Å². The normalized spacial score (nSPS) is 23.9. The number of hydrogen-bond donors (Lipinski definition) is 1. The topological polar surface area (TPSA) is 29.3 Å². The van der Waals surface area contributed by atoms with Crippen molar-refractivity contribution in [1.82, 2.24) is 0 Å². The Kier molecular flexibility index (Phi) is 4.58. The van der Waals surface area contributed by atoms with E-state index in [1.54, 1.807) is 6.07 Å². The lowest BCUT2D eigenvalue weighted by atomic mass is 9.90.